The molecule has 1 fully saturated rings. The van der Waals surface area contributed by atoms with Crippen LogP contribution in [0.1, 0.15) is 37.4 Å². The van der Waals surface area contributed by atoms with Gasteiger partial charge in [-0.1, -0.05) is 0 Å². The zero-order chi connectivity index (χ0) is 15.5. The molecule has 1 unspecified atom stereocenters. The van der Waals surface area contributed by atoms with Gasteiger partial charge in [-0.25, -0.2) is 4.98 Å². The van der Waals surface area contributed by atoms with E-state index in [1.807, 2.05) is 0 Å². The van der Waals surface area contributed by atoms with Gasteiger partial charge in [0.05, 0.1) is 19.1 Å². The second kappa shape index (κ2) is 6.60. The summed E-state index contributed by atoms with van der Waals surface area (Å²) in [6, 6.07) is -0.136. The molecule has 1 heterocycles. The Morgan fingerprint density at radius 1 is 1.19 bits per heavy atom. The van der Waals surface area contributed by atoms with Gasteiger partial charge in [0.25, 0.3) is 0 Å². The number of nitrogens with zero attached hydrogens (tertiary/aromatic N) is 2. The Morgan fingerprint density at radius 2 is 1.81 bits per heavy atom. The highest BCUT2D eigenvalue weighted by molar-refractivity contribution is 5.22. The number of methoxy groups -OCH3 is 1. The van der Waals surface area contributed by atoms with Crippen molar-refractivity contribution < 1.29 is 17.9 Å². The van der Waals surface area contributed by atoms with Crippen molar-refractivity contribution in [1.29, 1.82) is 0 Å². The molecular formula is C14H20F3N3O. The van der Waals surface area contributed by atoms with Crippen LogP contribution in [0.3, 0.4) is 0 Å². The van der Waals surface area contributed by atoms with E-state index < -0.39 is 12.1 Å². The maximum atomic E-state index is 12.7. The number of hydrogen-bond donors (Lipinski definition) is 1. The highest BCUT2D eigenvalue weighted by atomic mass is 19.4. The van der Waals surface area contributed by atoms with Crippen molar-refractivity contribution in [3.8, 4) is 5.88 Å². The normalized spacial score (nSPS) is 24.6. The summed E-state index contributed by atoms with van der Waals surface area (Å²) in [7, 11) is 3.30. The number of nitrogens with one attached hydrogen (secondary N) is 1. The SMILES string of the molecule is CNC(c1nccnc1OC)C1CCC(C(F)(F)F)CC1. The number of halogens is 3. The number of alkyl halides is 3. The maximum Gasteiger partial charge on any atom is 0.391 e. The molecule has 1 atom stereocenters. The fourth-order valence-electron chi connectivity index (χ4n) is 3.08. The second-order valence-electron chi connectivity index (χ2n) is 5.37. The van der Waals surface area contributed by atoms with Crippen molar-refractivity contribution in [2.24, 2.45) is 11.8 Å². The van der Waals surface area contributed by atoms with Crippen LogP contribution in [0.2, 0.25) is 0 Å². The zero-order valence-corrected chi connectivity index (χ0v) is 12.2. The lowest BCUT2D eigenvalue weighted by Gasteiger charge is -2.34. The van der Waals surface area contributed by atoms with Gasteiger partial charge in [0.1, 0.15) is 5.69 Å². The molecular weight excluding hydrogens is 283 g/mol. The quantitative estimate of drug-likeness (QED) is 0.928. The molecule has 0 aliphatic heterocycles. The van der Waals surface area contributed by atoms with Gasteiger partial charge >= 0.3 is 6.18 Å². The molecule has 2 rings (SSSR count). The molecule has 0 radical (unpaired) electrons. The molecule has 0 amide bonds. The number of hydrogen-bond acceptors (Lipinski definition) is 4. The van der Waals surface area contributed by atoms with E-state index in [1.165, 1.54) is 13.3 Å². The van der Waals surface area contributed by atoms with Gasteiger partial charge < -0.3 is 10.1 Å². The molecule has 1 saturated carbocycles. The Morgan fingerprint density at radius 3 is 2.33 bits per heavy atom. The highest BCUT2D eigenvalue weighted by Gasteiger charge is 2.43. The molecule has 21 heavy (non-hydrogen) atoms. The summed E-state index contributed by atoms with van der Waals surface area (Å²) in [5.74, 6) is -0.635. The maximum absolute atomic E-state index is 12.7. The average molecular weight is 303 g/mol. The second-order valence-corrected chi connectivity index (χ2v) is 5.37. The van der Waals surface area contributed by atoms with Gasteiger partial charge in [0, 0.05) is 12.4 Å². The standard InChI is InChI=1S/C14H20F3N3O/c1-18-11(12-13(21-2)20-8-7-19-12)9-3-5-10(6-4-9)14(15,16)17/h7-11,18H,3-6H2,1-2H3. The van der Waals surface area contributed by atoms with Gasteiger partial charge in [0.2, 0.25) is 5.88 Å². The van der Waals surface area contributed by atoms with Crippen LogP contribution in [0.15, 0.2) is 12.4 Å². The van der Waals surface area contributed by atoms with E-state index >= 15 is 0 Å². The fraction of sp³-hybridized carbons (Fsp3) is 0.714. The third-order valence-electron chi connectivity index (χ3n) is 4.20. The number of aromatic nitrogens is 2. The molecule has 1 aromatic heterocycles. The summed E-state index contributed by atoms with van der Waals surface area (Å²) >= 11 is 0. The van der Waals surface area contributed by atoms with E-state index in [-0.39, 0.29) is 24.8 Å². The third-order valence-corrected chi connectivity index (χ3v) is 4.20. The van der Waals surface area contributed by atoms with Crippen LogP contribution in [0.4, 0.5) is 13.2 Å². The molecule has 4 nitrogen and oxygen atoms in total. The minimum Gasteiger partial charge on any atom is -0.480 e. The van der Waals surface area contributed by atoms with Crippen LogP contribution < -0.4 is 10.1 Å². The van der Waals surface area contributed by atoms with Crippen LogP contribution in [-0.4, -0.2) is 30.3 Å². The molecule has 7 heteroatoms. The summed E-state index contributed by atoms with van der Waals surface area (Å²) in [6.07, 6.45) is 0.429. The molecule has 0 spiro atoms. The Kier molecular flexibility index (Phi) is 5.03. The van der Waals surface area contributed by atoms with Gasteiger partial charge in [0.15, 0.2) is 0 Å². The number of rotatable bonds is 4. The minimum atomic E-state index is -4.08. The van der Waals surface area contributed by atoms with Crippen LogP contribution in [-0.2, 0) is 0 Å². The Bertz CT molecular complexity index is 459. The first-order chi connectivity index (χ1) is 9.97. The van der Waals surface area contributed by atoms with Gasteiger partial charge in [-0.3, -0.25) is 4.98 Å². The summed E-state index contributed by atoms with van der Waals surface area (Å²) in [6.45, 7) is 0. The monoisotopic (exact) mass is 303 g/mol. The van der Waals surface area contributed by atoms with Crippen molar-refractivity contribution in [2.45, 2.75) is 37.9 Å². The lowest BCUT2D eigenvalue weighted by atomic mass is 9.77. The molecule has 1 N–H and O–H groups in total. The van der Waals surface area contributed by atoms with Crippen molar-refractivity contribution in [1.82, 2.24) is 15.3 Å². The van der Waals surface area contributed by atoms with Crippen LogP contribution in [0.25, 0.3) is 0 Å². The predicted octanol–water partition coefficient (Wildman–Crippen LogP) is 3.11. The Balaban J connectivity index is 2.10. The van der Waals surface area contributed by atoms with Gasteiger partial charge in [-0.2, -0.15) is 13.2 Å². The number of ether oxygens (including phenoxy) is 1. The first-order valence-corrected chi connectivity index (χ1v) is 7.06. The largest absolute Gasteiger partial charge is 0.480 e. The first kappa shape index (κ1) is 16.0. The van der Waals surface area contributed by atoms with Crippen molar-refractivity contribution >= 4 is 0 Å². The molecule has 0 bridgehead atoms. The van der Waals surface area contributed by atoms with E-state index in [1.54, 1.807) is 13.2 Å². The Labute approximate surface area is 122 Å². The molecule has 1 aliphatic rings. The third kappa shape index (κ3) is 3.64. The Hall–Kier alpha value is -1.37. The van der Waals surface area contributed by atoms with Crippen LogP contribution in [0, 0.1) is 11.8 Å². The van der Waals surface area contributed by atoms with E-state index in [2.05, 4.69) is 15.3 Å². The molecule has 0 aromatic carbocycles. The topological polar surface area (TPSA) is 47.0 Å². The van der Waals surface area contributed by atoms with Crippen LogP contribution in [0.5, 0.6) is 5.88 Å². The molecule has 1 aromatic rings. The van der Waals surface area contributed by atoms with E-state index in [0.717, 1.165) is 0 Å². The summed E-state index contributed by atoms with van der Waals surface area (Å²) in [5.41, 5.74) is 0.665. The highest BCUT2D eigenvalue weighted by Crippen LogP contribution is 2.43. The van der Waals surface area contributed by atoms with Crippen molar-refractivity contribution in [3.05, 3.63) is 18.1 Å². The van der Waals surface area contributed by atoms with E-state index in [9.17, 15) is 13.2 Å². The van der Waals surface area contributed by atoms with Gasteiger partial charge in [-0.05, 0) is 38.6 Å². The molecule has 118 valence electrons. The summed E-state index contributed by atoms with van der Waals surface area (Å²) in [5, 5.41) is 3.15. The zero-order valence-electron chi connectivity index (χ0n) is 12.2. The van der Waals surface area contributed by atoms with Gasteiger partial charge in [-0.15, -0.1) is 0 Å². The van der Waals surface area contributed by atoms with E-state index in [4.69, 9.17) is 4.74 Å². The fourth-order valence-corrected chi connectivity index (χ4v) is 3.08. The molecule has 0 saturated heterocycles. The first-order valence-electron chi connectivity index (χ1n) is 7.06. The van der Waals surface area contributed by atoms with E-state index in [0.29, 0.717) is 24.4 Å². The minimum absolute atomic E-state index is 0.110. The summed E-state index contributed by atoms with van der Waals surface area (Å²) < 4.78 is 43.4. The lowest BCUT2D eigenvalue weighted by molar-refractivity contribution is -0.184. The average Bonchev–Trinajstić information content (AvgIpc) is 2.48. The van der Waals surface area contributed by atoms with Crippen molar-refractivity contribution in [2.75, 3.05) is 14.2 Å². The molecule has 1 aliphatic carbocycles. The van der Waals surface area contributed by atoms with Crippen LogP contribution >= 0.6 is 0 Å². The lowest BCUT2D eigenvalue weighted by Crippen LogP contribution is -2.33. The smallest absolute Gasteiger partial charge is 0.391 e. The predicted molar refractivity (Wildman–Crippen MR) is 71.9 cm³/mol. The van der Waals surface area contributed by atoms with Crippen molar-refractivity contribution in [3.63, 3.8) is 0 Å². The summed E-state index contributed by atoms with van der Waals surface area (Å²) in [4.78, 5) is 8.40.